The predicted octanol–water partition coefficient (Wildman–Crippen LogP) is 3.14. The maximum Gasteiger partial charge on any atom is 0.191 e. The van der Waals surface area contributed by atoms with Crippen LogP contribution in [0.4, 0.5) is 0 Å². The smallest absolute Gasteiger partial charge is 0.191 e. The van der Waals surface area contributed by atoms with Gasteiger partial charge in [0.05, 0.1) is 13.7 Å². The third kappa shape index (κ3) is 6.37. The van der Waals surface area contributed by atoms with Gasteiger partial charge in [-0.3, -0.25) is 4.99 Å². The molecule has 134 valence electrons. The zero-order valence-electron chi connectivity index (χ0n) is 15.4. The number of methoxy groups -OCH3 is 1. The quantitative estimate of drug-likeness (QED) is 0.600. The minimum atomic E-state index is 0.0260. The molecule has 0 radical (unpaired) electrons. The number of hydrogen-bond donors (Lipinski definition) is 2. The van der Waals surface area contributed by atoms with Gasteiger partial charge in [-0.15, -0.1) is 0 Å². The average Bonchev–Trinajstić information content (AvgIpc) is 2.64. The Kier molecular flexibility index (Phi) is 7.14. The van der Waals surface area contributed by atoms with Crippen LogP contribution in [0.3, 0.4) is 0 Å². The molecule has 2 aromatic rings. The van der Waals surface area contributed by atoms with Crippen LogP contribution in [-0.4, -0.2) is 32.8 Å². The normalized spacial score (nSPS) is 12.4. The molecule has 0 aromatic heterocycles. The lowest BCUT2D eigenvalue weighted by Gasteiger charge is -2.18. The number of guanidine groups is 1. The molecule has 2 N–H and O–H groups in total. The van der Waals surface area contributed by atoms with Gasteiger partial charge in [0.1, 0.15) is 17.6 Å². The molecule has 2 rings (SSSR count). The van der Waals surface area contributed by atoms with Gasteiger partial charge in [-0.05, 0) is 43.7 Å². The first-order valence-electron chi connectivity index (χ1n) is 8.41. The van der Waals surface area contributed by atoms with Gasteiger partial charge in [0.15, 0.2) is 5.96 Å². The average molecular weight is 341 g/mol. The van der Waals surface area contributed by atoms with Crippen molar-refractivity contribution in [3.05, 3.63) is 59.7 Å². The van der Waals surface area contributed by atoms with E-state index >= 15 is 0 Å². The number of benzene rings is 2. The number of nitrogens with zero attached hydrogens (tertiary/aromatic N) is 1. The Morgan fingerprint density at radius 2 is 1.84 bits per heavy atom. The summed E-state index contributed by atoms with van der Waals surface area (Å²) in [5.41, 5.74) is 2.35. The molecule has 0 saturated carbocycles. The van der Waals surface area contributed by atoms with Crippen LogP contribution in [0.25, 0.3) is 0 Å². The number of ether oxygens (including phenoxy) is 2. The van der Waals surface area contributed by atoms with Crippen LogP contribution in [0.1, 0.15) is 18.1 Å². The van der Waals surface area contributed by atoms with Crippen molar-refractivity contribution in [3.8, 4) is 11.5 Å². The first-order valence-corrected chi connectivity index (χ1v) is 8.41. The van der Waals surface area contributed by atoms with Crippen molar-refractivity contribution in [3.63, 3.8) is 0 Å². The van der Waals surface area contributed by atoms with Crippen molar-refractivity contribution in [1.29, 1.82) is 0 Å². The van der Waals surface area contributed by atoms with E-state index in [-0.39, 0.29) is 6.10 Å². The van der Waals surface area contributed by atoms with Gasteiger partial charge in [0.2, 0.25) is 0 Å². The molecule has 0 aliphatic heterocycles. The highest BCUT2D eigenvalue weighted by Gasteiger charge is 2.06. The summed E-state index contributed by atoms with van der Waals surface area (Å²) in [6, 6.07) is 16.0. The summed E-state index contributed by atoms with van der Waals surface area (Å²) >= 11 is 0. The van der Waals surface area contributed by atoms with Gasteiger partial charge in [0, 0.05) is 13.6 Å². The third-order valence-corrected chi connectivity index (χ3v) is 3.73. The molecule has 2 aromatic carbocycles. The first kappa shape index (κ1) is 18.6. The molecule has 25 heavy (non-hydrogen) atoms. The molecule has 0 aliphatic carbocycles. The van der Waals surface area contributed by atoms with Crippen molar-refractivity contribution >= 4 is 5.96 Å². The van der Waals surface area contributed by atoms with E-state index < -0.39 is 0 Å². The van der Waals surface area contributed by atoms with Gasteiger partial charge in [-0.2, -0.15) is 0 Å². The van der Waals surface area contributed by atoms with Crippen LogP contribution in [0, 0.1) is 6.92 Å². The van der Waals surface area contributed by atoms with Crippen molar-refractivity contribution in [2.24, 2.45) is 4.99 Å². The third-order valence-electron chi connectivity index (χ3n) is 3.73. The topological polar surface area (TPSA) is 54.9 Å². The Balaban J connectivity index is 1.78. The van der Waals surface area contributed by atoms with Crippen LogP contribution in [0.2, 0.25) is 0 Å². The minimum absolute atomic E-state index is 0.0260. The SMILES string of the molecule is CN=C(NCc1cccc(OC)c1)NCC(C)Oc1ccc(C)cc1. The van der Waals surface area contributed by atoms with Crippen LogP contribution in [0.15, 0.2) is 53.5 Å². The second kappa shape index (κ2) is 9.57. The fraction of sp³-hybridized carbons (Fsp3) is 0.350. The number of aryl methyl sites for hydroxylation is 1. The second-order valence-electron chi connectivity index (χ2n) is 5.90. The number of aliphatic imine (C=N–C) groups is 1. The van der Waals surface area contributed by atoms with Crippen molar-refractivity contribution in [2.75, 3.05) is 20.7 Å². The van der Waals surface area contributed by atoms with Crippen LogP contribution >= 0.6 is 0 Å². The Bertz CT molecular complexity index is 684. The molecule has 1 unspecified atom stereocenters. The van der Waals surface area contributed by atoms with E-state index in [2.05, 4.69) is 22.5 Å². The standard InChI is InChI=1S/C20H27N3O2/c1-15-8-10-18(11-9-15)25-16(2)13-22-20(21-3)23-14-17-6-5-7-19(12-17)24-4/h5-12,16H,13-14H2,1-4H3,(H2,21,22,23). The summed E-state index contributed by atoms with van der Waals surface area (Å²) in [4.78, 5) is 4.24. The van der Waals surface area contributed by atoms with Crippen molar-refractivity contribution in [1.82, 2.24) is 10.6 Å². The molecule has 5 heteroatoms. The molecular weight excluding hydrogens is 314 g/mol. The van der Waals surface area contributed by atoms with E-state index in [1.54, 1.807) is 14.2 Å². The van der Waals surface area contributed by atoms with E-state index in [1.807, 2.05) is 55.5 Å². The van der Waals surface area contributed by atoms with E-state index in [1.165, 1.54) is 5.56 Å². The van der Waals surface area contributed by atoms with Crippen LogP contribution in [0.5, 0.6) is 11.5 Å². The fourth-order valence-electron chi connectivity index (χ4n) is 2.32. The first-order chi connectivity index (χ1) is 12.1. The molecule has 0 heterocycles. The molecule has 0 aliphatic rings. The lowest BCUT2D eigenvalue weighted by Crippen LogP contribution is -2.41. The Morgan fingerprint density at radius 3 is 2.52 bits per heavy atom. The van der Waals surface area contributed by atoms with Crippen molar-refractivity contribution < 1.29 is 9.47 Å². The zero-order valence-corrected chi connectivity index (χ0v) is 15.4. The highest BCUT2D eigenvalue weighted by atomic mass is 16.5. The summed E-state index contributed by atoms with van der Waals surface area (Å²) in [5, 5.41) is 6.57. The number of hydrogen-bond acceptors (Lipinski definition) is 3. The minimum Gasteiger partial charge on any atom is -0.497 e. The summed E-state index contributed by atoms with van der Waals surface area (Å²) in [5.74, 6) is 2.46. The van der Waals surface area contributed by atoms with Gasteiger partial charge in [-0.25, -0.2) is 0 Å². The maximum absolute atomic E-state index is 5.90. The summed E-state index contributed by atoms with van der Waals surface area (Å²) < 4.78 is 11.1. The largest absolute Gasteiger partial charge is 0.497 e. The zero-order chi connectivity index (χ0) is 18.1. The van der Waals surface area contributed by atoms with Crippen LogP contribution < -0.4 is 20.1 Å². The highest BCUT2D eigenvalue weighted by Crippen LogP contribution is 2.13. The lowest BCUT2D eigenvalue weighted by molar-refractivity contribution is 0.224. The molecule has 0 fully saturated rings. The van der Waals surface area contributed by atoms with E-state index in [9.17, 15) is 0 Å². The lowest BCUT2D eigenvalue weighted by atomic mass is 10.2. The molecule has 0 bridgehead atoms. The van der Waals surface area contributed by atoms with Gasteiger partial charge in [0.25, 0.3) is 0 Å². The predicted molar refractivity (Wildman–Crippen MR) is 102 cm³/mol. The van der Waals surface area contributed by atoms with Crippen LogP contribution in [-0.2, 0) is 6.54 Å². The molecule has 5 nitrogen and oxygen atoms in total. The van der Waals surface area contributed by atoms with E-state index in [4.69, 9.17) is 9.47 Å². The van der Waals surface area contributed by atoms with Crippen molar-refractivity contribution in [2.45, 2.75) is 26.5 Å². The Hall–Kier alpha value is -2.69. The maximum atomic E-state index is 5.90. The van der Waals surface area contributed by atoms with E-state index in [0.29, 0.717) is 13.1 Å². The highest BCUT2D eigenvalue weighted by molar-refractivity contribution is 5.79. The Labute approximate surface area is 150 Å². The second-order valence-corrected chi connectivity index (χ2v) is 5.90. The number of nitrogens with one attached hydrogen (secondary N) is 2. The van der Waals surface area contributed by atoms with Gasteiger partial charge < -0.3 is 20.1 Å². The fourth-order valence-corrected chi connectivity index (χ4v) is 2.32. The summed E-state index contributed by atoms with van der Waals surface area (Å²) in [6.07, 6.45) is 0.0260. The molecule has 1 atom stereocenters. The van der Waals surface area contributed by atoms with Gasteiger partial charge in [-0.1, -0.05) is 29.8 Å². The van der Waals surface area contributed by atoms with E-state index in [0.717, 1.165) is 23.0 Å². The number of rotatable bonds is 7. The van der Waals surface area contributed by atoms with Gasteiger partial charge >= 0.3 is 0 Å². The molecule has 0 amide bonds. The molecular formula is C20H27N3O2. The molecule has 0 saturated heterocycles. The monoisotopic (exact) mass is 341 g/mol. The molecule has 0 spiro atoms. The Morgan fingerprint density at radius 1 is 1.08 bits per heavy atom. The summed E-state index contributed by atoms with van der Waals surface area (Å²) in [7, 11) is 3.43. The summed E-state index contributed by atoms with van der Waals surface area (Å²) in [6.45, 7) is 5.42.